The summed E-state index contributed by atoms with van der Waals surface area (Å²) in [5, 5.41) is 2.76. The molecule has 1 aromatic carbocycles. The number of hydrogen-bond donors (Lipinski definition) is 1. The number of nitrogens with zero attached hydrogens (tertiary/aromatic N) is 1. The molecule has 2 bridgehead atoms. The molecule has 0 saturated carbocycles. The minimum absolute atomic E-state index is 0.157. The number of hydrogen-bond acceptors (Lipinski definition) is 5. The van der Waals surface area contributed by atoms with Crippen LogP contribution < -0.4 is 14.8 Å². The average Bonchev–Trinajstić information content (AvgIpc) is 3.11. The molecule has 3 heterocycles. The topological polar surface area (TPSA) is 77.1 Å². The van der Waals surface area contributed by atoms with Gasteiger partial charge in [-0.25, -0.2) is 9.59 Å². The van der Waals surface area contributed by atoms with Gasteiger partial charge in [0.25, 0.3) is 0 Å². The number of amides is 2. The number of morpholine rings is 1. The van der Waals surface area contributed by atoms with E-state index in [0.29, 0.717) is 30.2 Å². The van der Waals surface area contributed by atoms with Crippen molar-refractivity contribution in [3.8, 4) is 11.5 Å². The number of benzene rings is 1. The molecule has 2 fully saturated rings. The fourth-order valence-electron chi connectivity index (χ4n) is 2.74. The summed E-state index contributed by atoms with van der Waals surface area (Å²) < 4.78 is 15.5. The molecule has 20 heavy (non-hydrogen) atoms. The predicted molar refractivity (Wildman–Crippen MR) is 66.6 cm³/mol. The minimum Gasteiger partial charge on any atom is -0.459 e. The number of esters is 1. The molecular formula is C13H12N2O5. The van der Waals surface area contributed by atoms with Gasteiger partial charge in [-0.15, -0.1) is 0 Å². The molecule has 104 valence electrons. The van der Waals surface area contributed by atoms with Crippen molar-refractivity contribution in [3.63, 3.8) is 0 Å². The summed E-state index contributed by atoms with van der Waals surface area (Å²) >= 11 is 0. The van der Waals surface area contributed by atoms with Crippen molar-refractivity contribution in [1.29, 1.82) is 0 Å². The number of nitrogens with one attached hydrogen (secondary N) is 1. The van der Waals surface area contributed by atoms with Gasteiger partial charge >= 0.3 is 12.0 Å². The Bertz CT molecular complexity index is 602. The number of fused-ring (bicyclic) bond motifs is 3. The van der Waals surface area contributed by atoms with Crippen molar-refractivity contribution in [2.24, 2.45) is 0 Å². The van der Waals surface area contributed by atoms with Crippen molar-refractivity contribution in [3.05, 3.63) is 18.2 Å². The SMILES string of the molecule is O=C1O[C@@H]2C[C@H]1N(C(=O)Nc1ccc3c(c1)OCO3)C2. The van der Waals surface area contributed by atoms with Crippen LogP contribution in [-0.4, -0.2) is 42.4 Å². The summed E-state index contributed by atoms with van der Waals surface area (Å²) in [5.41, 5.74) is 0.607. The van der Waals surface area contributed by atoms with E-state index in [1.54, 1.807) is 18.2 Å². The van der Waals surface area contributed by atoms with Crippen LogP contribution in [-0.2, 0) is 9.53 Å². The number of carbonyl (C=O) groups is 2. The van der Waals surface area contributed by atoms with Crippen LogP contribution in [0.4, 0.5) is 10.5 Å². The number of carbonyl (C=O) groups excluding carboxylic acids is 2. The van der Waals surface area contributed by atoms with Gasteiger partial charge in [-0.2, -0.15) is 0 Å². The molecule has 1 N–H and O–H groups in total. The fraction of sp³-hybridized carbons (Fsp3) is 0.385. The Balaban J connectivity index is 1.49. The van der Waals surface area contributed by atoms with E-state index in [1.165, 1.54) is 4.90 Å². The standard InChI is InChI=1S/C13H12N2O5/c16-12-9-4-8(20-12)5-15(9)13(17)14-7-1-2-10-11(3-7)19-6-18-10/h1-3,8-9H,4-6H2,(H,14,17)/t8-,9-/m1/s1. The van der Waals surface area contributed by atoms with Gasteiger partial charge in [-0.3, -0.25) is 0 Å². The fourth-order valence-corrected chi connectivity index (χ4v) is 2.74. The molecule has 7 nitrogen and oxygen atoms in total. The number of rotatable bonds is 1. The van der Waals surface area contributed by atoms with Crippen LogP contribution in [0.5, 0.6) is 11.5 Å². The molecule has 2 saturated heterocycles. The van der Waals surface area contributed by atoms with E-state index in [0.717, 1.165) is 0 Å². The lowest BCUT2D eigenvalue weighted by molar-refractivity contribution is -0.149. The van der Waals surface area contributed by atoms with Crippen molar-refractivity contribution in [1.82, 2.24) is 4.90 Å². The van der Waals surface area contributed by atoms with Crippen molar-refractivity contribution in [2.45, 2.75) is 18.6 Å². The normalized spacial score (nSPS) is 25.8. The highest BCUT2D eigenvalue weighted by Crippen LogP contribution is 2.35. The van der Waals surface area contributed by atoms with E-state index >= 15 is 0 Å². The van der Waals surface area contributed by atoms with Gasteiger partial charge in [0.2, 0.25) is 6.79 Å². The zero-order valence-corrected chi connectivity index (χ0v) is 10.5. The third kappa shape index (κ3) is 1.66. The molecule has 7 heteroatoms. The molecule has 3 aliphatic rings. The van der Waals surface area contributed by atoms with Crippen molar-refractivity contribution in [2.75, 3.05) is 18.7 Å². The molecule has 4 rings (SSSR count). The first kappa shape index (κ1) is 11.4. The van der Waals surface area contributed by atoms with Crippen LogP contribution in [0.1, 0.15) is 6.42 Å². The highest BCUT2D eigenvalue weighted by molar-refractivity contribution is 5.94. The zero-order chi connectivity index (χ0) is 13.7. The average molecular weight is 276 g/mol. The maximum Gasteiger partial charge on any atom is 0.329 e. The van der Waals surface area contributed by atoms with E-state index in [2.05, 4.69) is 5.32 Å². The largest absolute Gasteiger partial charge is 0.459 e. The van der Waals surface area contributed by atoms with Gasteiger partial charge in [0.05, 0.1) is 6.54 Å². The molecule has 2 amide bonds. The molecule has 0 unspecified atom stereocenters. The minimum atomic E-state index is -0.450. The molecule has 0 aliphatic carbocycles. The van der Waals surface area contributed by atoms with Gasteiger partial charge in [0.1, 0.15) is 12.1 Å². The van der Waals surface area contributed by atoms with Crippen molar-refractivity contribution >= 4 is 17.7 Å². The van der Waals surface area contributed by atoms with Gasteiger partial charge in [-0.05, 0) is 12.1 Å². The maximum absolute atomic E-state index is 12.2. The molecule has 0 spiro atoms. The number of ether oxygens (including phenoxy) is 3. The first-order valence-corrected chi connectivity index (χ1v) is 6.38. The lowest BCUT2D eigenvalue weighted by atomic mass is 10.2. The Morgan fingerprint density at radius 3 is 2.95 bits per heavy atom. The lowest BCUT2D eigenvalue weighted by Gasteiger charge is -2.25. The first-order valence-electron chi connectivity index (χ1n) is 6.38. The molecular weight excluding hydrogens is 264 g/mol. The Morgan fingerprint density at radius 2 is 2.15 bits per heavy atom. The summed E-state index contributed by atoms with van der Waals surface area (Å²) in [6.07, 6.45) is 0.433. The summed E-state index contributed by atoms with van der Waals surface area (Å²) in [6.45, 7) is 0.640. The van der Waals surface area contributed by atoms with E-state index < -0.39 is 6.04 Å². The molecule has 3 aliphatic heterocycles. The first-order chi connectivity index (χ1) is 9.70. The second-order valence-electron chi connectivity index (χ2n) is 4.96. The number of urea groups is 1. The summed E-state index contributed by atoms with van der Waals surface area (Å²) in [7, 11) is 0. The Kier molecular flexibility index (Phi) is 2.29. The molecule has 0 radical (unpaired) electrons. The van der Waals surface area contributed by atoms with E-state index in [1.807, 2.05) is 0 Å². The van der Waals surface area contributed by atoms with E-state index in [-0.39, 0.29) is 24.9 Å². The van der Waals surface area contributed by atoms with Gasteiger partial charge in [0.15, 0.2) is 11.5 Å². The van der Waals surface area contributed by atoms with Gasteiger partial charge < -0.3 is 24.4 Å². The quantitative estimate of drug-likeness (QED) is 0.773. The van der Waals surface area contributed by atoms with Crippen LogP contribution in [0.2, 0.25) is 0 Å². The second kappa shape index (κ2) is 4.03. The third-order valence-corrected chi connectivity index (χ3v) is 3.70. The summed E-state index contributed by atoms with van der Waals surface area (Å²) in [4.78, 5) is 25.2. The maximum atomic E-state index is 12.2. The molecule has 0 aromatic heterocycles. The van der Waals surface area contributed by atoms with Gasteiger partial charge in [0, 0.05) is 18.2 Å². The number of anilines is 1. The zero-order valence-electron chi connectivity index (χ0n) is 10.5. The Morgan fingerprint density at radius 1 is 1.30 bits per heavy atom. The predicted octanol–water partition coefficient (Wildman–Crippen LogP) is 0.947. The Hall–Kier alpha value is -2.44. The second-order valence-corrected chi connectivity index (χ2v) is 4.96. The Labute approximate surface area is 114 Å². The van der Waals surface area contributed by atoms with Crippen molar-refractivity contribution < 1.29 is 23.8 Å². The highest BCUT2D eigenvalue weighted by atomic mass is 16.7. The van der Waals surface area contributed by atoms with Gasteiger partial charge in [-0.1, -0.05) is 0 Å². The monoisotopic (exact) mass is 276 g/mol. The summed E-state index contributed by atoms with van der Waals surface area (Å²) in [6, 6.07) is 4.43. The van der Waals surface area contributed by atoms with Crippen LogP contribution in [0, 0.1) is 0 Å². The molecule has 2 atom stereocenters. The lowest BCUT2D eigenvalue weighted by Crippen LogP contribution is -2.46. The smallest absolute Gasteiger partial charge is 0.329 e. The van der Waals surface area contributed by atoms with Crippen LogP contribution in [0.3, 0.4) is 0 Å². The third-order valence-electron chi connectivity index (χ3n) is 3.70. The van der Waals surface area contributed by atoms with E-state index in [4.69, 9.17) is 14.2 Å². The van der Waals surface area contributed by atoms with Crippen LogP contribution >= 0.6 is 0 Å². The van der Waals surface area contributed by atoms with Crippen LogP contribution in [0.15, 0.2) is 18.2 Å². The highest BCUT2D eigenvalue weighted by Gasteiger charge is 2.48. The summed E-state index contributed by atoms with van der Waals surface area (Å²) in [5.74, 6) is 0.944. The van der Waals surface area contributed by atoms with Crippen LogP contribution in [0.25, 0.3) is 0 Å². The van der Waals surface area contributed by atoms with E-state index in [9.17, 15) is 9.59 Å². The molecule has 1 aromatic rings. The number of likely N-dealkylation sites (tertiary alicyclic amines) is 1.